The zero-order valence-corrected chi connectivity index (χ0v) is 26.7. The molecule has 240 valence electrons. The molecule has 3 aliphatic heterocycles. The van der Waals surface area contributed by atoms with Gasteiger partial charge in [0.05, 0.1) is 11.5 Å². The number of amides is 4. The van der Waals surface area contributed by atoms with Crippen molar-refractivity contribution in [3.63, 3.8) is 0 Å². The van der Waals surface area contributed by atoms with Crippen LogP contribution in [0.5, 0.6) is 0 Å². The highest BCUT2D eigenvalue weighted by atomic mass is 16.6. The smallest absolute Gasteiger partial charge is 0.410 e. The molecular formula is C34H44N6O5. The van der Waals surface area contributed by atoms with Crippen molar-refractivity contribution in [1.82, 2.24) is 20.1 Å². The molecule has 4 heterocycles. The van der Waals surface area contributed by atoms with Gasteiger partial charge in [0.2, 0.25) is 17.7 Å². The van der Waals surface area contributed by atoms with E-state index in [1.165, 1.54) is 0 Å². The van der Waals surface area contributed by atoms with Crippen molar-refractivity contribution in [2.75, 3.05) is 43.4 Å². The molecule has 2 saturated heterocycles. The van der Waals surface area contributed by atoms with Gasteiger partial charge in [0.15, 0.2) is 0 Å². The summed E-state index contributed by atoms with van der Waals surface area (Å²) in [6, 6.07) is 9.28. The molecule has 2 fully saturated rings. The number of nitrogens with one attached hydrogen (secondary N) is 3. The largest absolute Gasteiger partial charge is 0.444 e. The Labute approximate surface area is 264 Å². The van der Waals surface area contributed by atoms with Gasteiger partial charge >= 0.3 is 6.09 Å². The van der Waals surface area contributed by atoms with Crippen LogP contribution in [0, 0.1) is 5.41 Å². The van der Waals surface area contributed by atoms with E-state index in [-0.39, 0.29) is 30.3 Å². The van der Waals surface area contributed by atoms with Crippen LogP contribution in [0.4, 0.5) is 16.3 Å². The number of carbonyl (C=O) groups is 4. The summed E-state index contributed by atoms with van der Waals surface area (Å²) < 4.78 is 5.63. The van der Waals surface area contributed by atoms with Crippen LogP contribution in [0.3, 0.4) is 0 Å². The van der Waals surface area contributed by atoms with E-state index in [2.05, 4.69) is 20.9 Å². The summed E-state index contributed by atoms with van der Waals surface area (Å²) >= 11 is 0. The zero-order chi connectivity index (χ0) is 32.0. The van der Waals surface area contributed by atoms with Crippen LogP contribution in [0.1, 0.15) is 70.1 Å². The van der Waals surface area contributed by atoms with Crippen molar-refractivity contribution < 1.29 is 23.9 Å². The number of ether oxygens (including phenoxy) is 1. The quantitative estimate of drug-likeness (QED) is 0.467. The number of hydrogen-bond acceptors (Lipinski definition) is 7. The Morgan fingerprint density at radius 2 is 1.89 bits per heavy atom. The first-order chi connectivity index (χ1) is 21.4. The fraction of sp³-hybridized carbons (Fsp3) is 0.559. The minimum atomic E-state index is -0.691. The number of benzene rings is 1. The third-order valence-corrected chi connectivity index (χ3v) is 9.75. The summed E-state index contributed by atoms with van der Waals surface area (Å²) in [4.78, 5) is 61.6. The standard InChI is InChI=1S/C34H44N6O5/c1-32(2,3)45-31(44)39-16-6-7-25(20-39)40(30(43)33(4)11-14-35-15-12-33)21-27(41)37-24-10-9-22-18-34(19-23(22)17-24)26-8-5-13-36-28(26)38-29(34)42/h5,8-10,13,17,25,35H,6-7,11-12,14-16,18-21H2,1-4H3,(H,37,41)(H,36,38,42)/t25-,34+/m0/s1. The third kappa shape index (κ3) is 6.14. The summed E-state index contributed by atoms with van der Waals surface area (Å²) in [7, 11) is 0. The molecule has 11 heteroatoms. The second-order valence-corrected chi connectivity index (χ2v) is 14.3. The molecule has 11 nitrogen and oxygen atoms in total. The van der Waals surface area contributed by atoms with Crippen molar-refractivity contribution in [3.8, 4) is 0 Å². The molecule has 0 unspecified atom stereocenters. The van der Waals surface area contributed by atoms with Crippen LogP contribution in [-0.2, 0) is 37.4 Å². The Hall–Kier alpha value is -3.99. The van der Waals surface area contributed by atoms with Crippen LogP contribution >= 0.6 is 0 Å². The maximum Gasteiger partial charge on any atom is 0.410 e. The normalized spacial score (nSPS) is 23.6. The second kappa shape index (κ2) is 11.7. The lowest BCUT2D eigenvalue weighted by atomic mass is 9.79. The molecule has 3 N–H and O–H groups in total. The summed E-state index contributed by atoms with van der Waals surface area (Å²) in [6.07, 6.45) is 5.16. The van der Waals surface area contributed by atoms with Crippen LogP contribution in [0.15, 0.2) is 36.5 Å². The lowest BCUT2D eigenvalue weighted by Gasteiger charge is -2.43. The number of pyridine rings is 1. The second-order valence-electron chi connectivity index (χ2n) is 14.3. The highest BCUT2D eigenvalue weighted by Gasteiger charge is 2.51. The minimum Gasteiger partial charge on any atom is -0.444 e. The van der Waals surface area contributed by atoms with E-state index in [0.717, 1.165) is 29.8 Å². The van der Waals surface area contributed by atoms with Gasteiger partial charge in [0.25, 0.3) is 0 Å². The van der Waals surface area contributed by atoms with Gasteiger partial charge in [0, 0.05) is 36.0 Å². The highest BCUT2D eigenvalue weighted by Crippen LogP contribution is 2.47. The van der Waals surface area contributed by atoms with Crippen molar-refractivity contribution in [2.24, 2.45) is 5.41 Å². The minimum absolute atomic E-state index is 0.0496. The predicted molar refractivity (Wildman–Crippen MR) is 170 cm³/mol. The third-order valence-electron chi connectivity index (χ3n) is 9.75. The molecule has 2 aromatic rings. The van der Waals surface area contributed by atoms with E-state index in [9.17, 15) is 19.2 Å². The van der Waals surface area contributed by atoms with Gasteiger partial charge < -0.3 is 30.5 Å². The van der Waals surface area contributed by atoms with Crippen molar-refractivity contribution in [2.45, 2.75) is 83.3 Å². The number of piperidine rings is 2. The van der Waals surface area contributed by atoms with Crippen molar-refractivity contribution >= 4 is 35.3 Å². The van der Waals surface area contributed by atoms with Crippen LogP contribution < -0.4 is 16.0 Å². The number of fused-ring (bicyclic) bond motifs is 3. The maximum absolute atomic E-state index is 14.2. The summed E-state index contributed by atoms with van der Waals surface area (Å²) in [5, 5.41) is 9.28. The SMILES string of the molecule is CC(C)(C)OC(=O)N1CCC[C@H](N(CC(=O)Nc2ccc3c(c2)C[C@@]2(C3)C(=O)Nc3ncccc32)C(=O)C2(C)CCNCC2)C1. The van der Waals surface area contributed by atoms with Crippen molar-refractivity contribution in [1.29, 1.82) is 0 Å². The molecule has 1 spiro atoms. The molecule has 2 atom stereocenters. The van der Waals surface area contributed by atoms with Gasteiger partial charge in [-0.1, -0.05) is 19.1 Å². The van der Waals surface area contributed by atoms with Crippen LogP contribution in [0.25, 0.3) is 0 Å². The molecule has 45 heavy (non-hydrogen) atoms. The number of likely N-dealkylation sites (tertiary alicyclic amines) is 1. The Balaban J connectivity index is 1.19. The fourth-order valence-electron chi connectivity index (χ4n) is 7.31. The molecule has 4 aliphatic rings. The Bertz CT molecular complexity index is 1510. The Morgan fingerprint density at radius 3 is 2.64 bits per heavy atom. The van der Waals surface area contributed by atoms with E-state index < -0.39 is 22.5 Å². The van der Waals surface area contributed by atoms with Crippen LogP contribution in [-0.4, -0.2) is 83.0 Å². The van der Waals surface area contributed by atoms with Crippen LogP contribution in [0.2, 0.25) is 0 Å². The predicted octanol–water partition coefficient (Wildman–Crippen LogP) is 3.63. The molecule has 0 bridgehead atoms. The number of anilines is 2. The average molecular weight is 617 g/mol. The Kier molecular flexibility index (Phi) is 8.09. The molecule has 6 rings (SSSR count). The number of rotatable bonds is 5. The number of aromatic nitrogens is 1. The molecule has 0 radical (unpaired) electrons. The first kappa shape index (κ1) is 31.0. The summed E-state index contributed by atoms with van der Waals surface area (Å²) in [5.41, 5.74) is 1.71. The lowest BCUT2D eigenvalue weighted by molar-refractivity contribution is -0.148. The van der Waals surface area contributed by atoms with Gasteiger partial charge in [-0.25, -0.2) is 9.78 Å². The van der Waals surface area contributed by atoms with E-state index in [4.69, 9.17) is 4.74 Å². The molecular weight excluding hydrogens is 572 g/mol. The molecule has 1 aromatic heterocycles. The van der Waals surface area contributed by atoms with Gasteiger partial charge in [-0.15, -0.1) is 0 Å². The van der Waals surface area contributed by atoms with Gasteiger partial charge in [-0.05, 0) is 102 Å². The van der Waals surface area contributed by atoms with E-state index >= 15 is 0 Å². The Morgan fingerprint density at radius 1 is 1.13 bits per heavy atom. The van der Waals surface area contributed by atoms with Crippen molar-refractivity contribution in [3.05, 3.63) is 53.2 Å². The van der Waals surface area contributed by atoms with E-state index in [0.29, 0.717) is 63.1 Å². The van der Waals surface area contributed by atoms with E-state index in [1.54, 1.807) is 16.0 Å². The fourth-order valence-corrected chi connectivity index (χ4v) is 7.31. The summed E-state index contributed by atoms with van der Waals surface area (Å²) in [5.74, 6) is 0.220. The first-order valence-corrected chi connectivity index (χ1v) is 16.1. The lowest BCUT2D eigenvalue weighted by Crippen LogP contribution is -2.58. The van der Waals surface area contributed by atoms with Gasteiger partial charge in [0.1, 0.15) is 18.0 Å². The van der Waals surface area contributed by atoms with Gasteiger partial charge in [-0.2, -0.15) is 0 Å². The number of carbonyl (C=O) groups excluding carboxylic acids is 4. The molecule has 4 amide bonds. The van der Waals surface area contributed by atoms with E-state index in [1.807, 2.05) is 58.0 Å². The van der Waals surface area contributed by atoms with Gasteiger partial charge in [-0.3, -0.25) is 14.4 Å². The monoisotopic (exact) mass is 616 g/mol. The molecule has 1 aromatic carbocycles. The number of nitrogens with zero attached hydrogens (tertiary/aromatic N) is 3. The maximum atomic E-state index is 14.2. The zero-order valence-electron chi connectivity index (χ0n) is 26.7. The highest BCUT2D eigenvalue weighted by molar-refractivity contribution is 6.06. The number of hydrogen-bond donors (Lipinski definition) is 3. The first-order valence-electron chi connectivity index (χ1n) is 16.1. The molecule has 0 saturated carbocycles. The summed E-state index contributed by atoms with van der Waals surface area (Å²) in [6.45, 7) is 9.73. The molecule has 1 aliphatic carbocycles. The average Bonchev–Trinajstić information content (AvgIpc) is 3.51. The topological polar surface area (TPSA) is 133 Å².